The van der Waals surface area contributed by atoms with Gasteiger partial charge in [-0.3, -0.25) is 0 Å². The van der Waals surface area contributed by atoms with Crippen LogP contribution in [0.5, 0.6) is 0 Å². The Morgan fingerprint density at radius 1 is 1.38 bits per heavy atom. The molecular formula is C14H26N6O. The molecule has 7 nitrogen and oxygen atoms in total. The van der Waals surface area contributed by atoms with Crippen molar-refractivity contribution in [3.63, 3.8) is 0 Å². The fourth-order valence-corrected chi connectivity index (χ4v) is 2.57. The van der Waals surface area contributed by atoms with Crippen LogP contribution in [0.1, 0.15) is 32.5 Å². The summed E-state index contributed by atoms with van der Waals surface area (Å²) >= 11 is 0. The van der Waals surface area contributed by atoms with E-state index in [1.165, 1.54) is 13.0 Å². The van der Waals surface area contributed by atoms with Gasteiger partial charge in [-0.2, -0.15) is 0 Å². The van der Waals surface area contributed by atoms with E-state index >= 15 is 0 Å². The van der Waals surface area contributed by atoms with E-state index in [-0.39, 0.29) is 0 Å². The lowest BCUT2D eigenvalue weighted by Gasteiger charge is -2.32. The SMILES string of the molecule is CCOCc1nc(NN)cc(NC2CCCN(CC)C2)n1. The summed E-state index contributed by atoms with van der Waals surface area (Å²) in [6.07, 6.45) is 2.37. The van der Waals surface area contributed by atoms with Crippen molar-refractivity contribution >= 4 is 11.6 Å². The second kappa shape index (κ2) is 8.11. The number of likely N-dealkylation sites (N-methyl/N-ethyl adjacent to an activating group) is 1. The number of aromatic nitrogens is 2. The molecule has 1 aromatic heterocycles. The van der Waals surface area contributed by atoms with Crippen LogP contribution in [0.3, 0.4) is 0 Å². The summed E-state index contributed by atoms with van der Waals surface area (Å²) < 4.78 is 5.37. The lowest BCUT2D eigenvalue weighted by Crippen LogP contribution is -2.42. The molecule has 0 radical (unpaired) electrons. The Hall–Kier alpha value is -1.44. The van der Waals surface area contributed by atoms with Gasteiger partial charge in [-0.05, 0) is 32.9 Å². The molecule has 1 aliphatic heterocycles. The Morgan fingerprint density at radius 3 is 2.90 bits per heavy atom. The number of likely N-dealkylation sites (tertiary alicyclic amines) is 1. The van der Waals surface area contributed by atoms with Gasteiger partial charge >= 0.3 is 0 Å². The molecule has 21 heavy (non-hydrogen) atoms. The number of hydrogen-bond donors (Lipinski definition) is 3. The van der Waals surface area contributed by atoms with Gasteiger partial charge in [0.05, 0.1) is 0 Å². The van der Waals surface area contributed by atoms with Crippen molar-refractivity contribution in [1.82, 2.24) is 14.9 Å². The molecule has 0 bridgehead atoms. The molecule has 0 saturated carbocycles. The topological polar surface area (TPSA) is 88.3 Å². The summed E-state index contributed by atoms with van der Waals surface area (Å²) in [4.78, 5) is 11.2. The molecular weight excluding hydrogens is 268 g/mol. The van der Waals surface area contributed by atoms with E-state index in [0.29, 0.717) is 30.9 Å². The van der Waals surface area contributed by atoms with Gasteiger partial charge in [-0.25, -0.2) is 15.8 Å². The van der Waals surface area contributed by atoms with E-state index in [4.69, 9.17) is 10.6 Å². The first-order valence-electron chi connectivity index (χ1n) is 7.66. The van der Waals surface area contributed by atoms with E-state index in [2.05, 4.69) is 32.5 Å². The normalized spacial score (nSPS) is 19.5. The number of nitrogens with two attached hydrogens (primary N) is 1. The van der Waals surface area contributed by atoms with Crippen molar-refractivity contribution in [2.45, 2.75) is 39.3 Å². The van der Waals surface area contributed by atoms with Crippen molar-refractivity contribution in [3.8, 4) is 0 Å². The van der Waals surface area contributed by atoms with Gasteiger partial charge in [-0.1, -0.05) is 6.92 Å². The molecule has 1 unspecified atom stereocenters. The second-order valence-corrected chi connectivity index (χ2v) is 5.21. The Kier molecular flexibility index (Phi) is 6.16. The molecule has 1 aromatic rings. The number of ether oxygens (including phenoxy) is 1. The summed E-state index contributed by atoms with van der Waals surface area (Å²) in [5.74, 6) is 7.52. The minimum atomic E-state index is 0.395. The Morgan fingerprint density at radius 2 is 2.19 bits per heavy atom. The fourth-order valence-electron chi connectivity index (χ4n) is 2.57. The van der Waals surface area contributed by atoms with Gasteiger partial charge in [0.2, 0.25) is 0 Å². The summed E-state index contributed by atoms with van der Waals surface area (Å²) in [6, 6.07) is 2.25. The maximum atomic E-state index is 5.48. The standard InChI is InChI=1S/C14H26N6O/c1-3-20-7-5-6-11(9-20)16-12-8-13(19-15)18-14(17-12)10-21-4-2/h8,11H,3-7,9-10,15H2,1-2H3,(H2,16,17,18,19). The van der Waals surface area contributed by atoms with Crippen molar-refractivity contribution in [1.29, 1.82) is 0 Å². The molecule has 118 valence electrons. The molecule has 0 aromatic carbocycles. The molecule has 1 saturated heterocycles. The van der Waals surface area contributed by atoms with Crippen LogP contribution in [0.15, 0.2) is 6.07 Å². The predicted molar refractivity (Wildman–Crippen MR) is 83.9 cm³/mol. The summed E-state index contributed by atoms with van der Waals surface area (Å²) in [7, 11) is 0. The van der Waals surface area contributed by atoms with E-state index < -0.39 is 0 Å². The highest BCUT2D eigenvalue weighted by atomic mass is 16.5. The van der Waals surface area contributed by atoms with Crippen LogP contribution < -0.4 is 16.6 Å². The highest BCUT2D eigenvalue weighted by molar-refractivity contribution is 5.47. The van der Waals surface area contributed by atoms with Crippen molar-refractivity contribution in [2.24, 2.45) is 5.84 Å². The number of nitrogens with one attached hydrogen (secondary N) is 2. The highest BCUT2D eigenvalue weighted by Crippen LogP contribution is 2.17. The highest BCUT2D eigenvalue weighted by Gasteiger charge is 2.19. The molecule has 2 heterocycles. The second-order valence-electron chi connectivity index (χ2n) is 5.21. The molecule has 4 N–H and O–H groups in total. The van der Waals surface area contributed by atoms with Crippen molar-refractivity contribution < 1.29 is 4.74 Å². The molecule has 1 aliphatic rings. The van der Waals surface area contributed by atoms with Crippen molar-refractivity contribution in [3.05, 3.63) is 11.9 Å². The number of hydrogen-bond acceptors (Lipinski definition) is 7. The maximum Gasteiger partial charge on any atom is 0.158 e. The van der Waals surface area contributed by atoms with Gasteiger partial charge in [0.25, 0.3) is 0 Å². The Balaban J connectivity index is 2.03. The first-order valence-corrected chi connectivity index (χ1v) is 7.66. The molecule has 2 rings (SSSR count). The van der Waals surface area contributed by atoms with Gasteiger partial charge in [0, 0.05) is 25.3 Å². The third-order valence-corrected chi connectivity index (χ3v) is 3.66. The summed E-state index contributed by atoms with van der Waals surface area (Å²) in [5.41, 5.74) is 2.58. The smallest absolute Gasteiger partial charge is 0.158 e. The number of piperidine rings is 1. The monoisotopic (exact) mass is 294 g/mol. The Bertz CT molecular complexity index is 441. The first kappa shape index (κ1) is 15.9. The first-order chi connectivity index (χ1) is 10.2. The zero-order valence-electron chi connectivity index (χ0n) is 12.9. The largest absolute Gasteiger partial charge is 0.374 e. The van der Waals surface area contributed by atoms with E-state index in [0.717, 1.165) is 25.3 Å². The number of nitrogen functional groups attached to an aromatic ring is 1. The average molecular weight is 294 g/mol. The molecule has 0 spiro atoms. The van der Waals surface area contributed by atoms with Crippen LogP contribution in [-0.4, -0.2) is 47.2 Å². The quantitative estimate of drug-likeness (QED) is 0.514. The van der Waals surface area contributed by atoms with Crippen LogP contribution >= 0.6 is 0 Å². The number of hydrazine groups is 1. The lowest BCUT2D eigenvalue weighted by molar-refractivity contribution is 0.128. The van der Waals surface area contributed by atoms with Crippen LogP contribution in [-0.2, 0) is 11.3 Å². The average Bonchev–Trinajstić information content (AvgIpc) is 2.52. The summed E-state index contributed by atoms with van der Waals surface area (Å²) in [6.45, 7) is 8.51. The number of anilines is 2. The molecule has 1 atom stereocenters. The minimum Gasteiger partial charge on any atom is -0.374 e. The van der Waals surface area contributed by atoms with Gasteiger partial charge in [0.15, 0.2) is 5.82 Å². The van der Waals surface area contributed by atoms with E-state index in [1.54, 1.807) is 0 Å². The third kappa shape index (κ3) is 4.80. The van der Waals surface area contributed by atoms with E-state index in [9.17, 15) is 0 Å². The van der Waals surface area contributed by atoms with Crippen LogP contribution in [0.4, 0.5) is 11.6 Å². The summed E-state index contributed by atoms with van der Waals surface area (Å²) in [5, 5.41) is 3.49. The lowest BCUT2D eigenvalue weighted by atomic mass is 10.1. The zero-order valence-corrected chi connectivity index (χ0v) is 12.9. The number of rotatable bonds is 7. The number of nitrogens with zero attached hydrogens (tertiary/aromatic N) is 3. The predicted octanol–water partition coefficient (Wildman–Crippen LogP) is 1.19. The molecule has 0 aliphatic carbocycles. The van der Waals surface area contributed by atoms with Crippen molar-refractivity contribution in [2.75, 3.05) is 37.0 Å². The van der Waals surface area contributed by atoms with Gasteiger partial charge in [0.1, 0.15) is 18.2 Å². The fraction of sp³-hybridized carbons (Fsp3) is 0.714. The minimum absolute atomic E-state index is 0.395. The van der Waals surface area contributed by atoms with Gasteiger partial charge in [-0.15, -0.1) is 0 Å². The third-order valence-electron chi connectivity index (χ3n) is 3.66. The zero-order chi connectivity index (χ0) is 15.1. The molecule has 1 fully saturated rings. The molecule has 0 amide bonds. The maximum absolute atomic E-state index is 5.48. The van der Waals surface area contributed by atoms with Gasteiger partial charge < -0.3 is 20.4 Å². The van der Waals surface area contributed by atoms with E-state index in [1.807, 2.05) is 13.0 Å². The van der Waals surface area contributed by atoms with Crippen LogP contribution in [0.2, 0.25) is 0 Å². The van der Waals surface area contributed by atoms with Crippen LogP contribution in [0.25, 0.3) is 0 Å². The Labute approximate surface area is 126 Å². The van der Waals surface area contributed by atoms with Crippen LogP contribution in [0, 0.1) is 0 Å². The molecule has 7 heteroatoms.